The van der Waals surface area contributed by atoms with Crippen molar-refractivity contribution >= 4 is 36.8 Å². The fourth-order valence-electron chi connectivity index (χ4n) is 10.8. The highest BCUT2D eigenvalue weighted by Gasteiger charge is 2.53. The zero-order valence-corrected chi connectivity index (χ0v) is 46.6. The molecule has 1 aliphatic carbocycles. The second-order valence-electron chi connectivity index (χ2n) is 21.3. The van der Waals surface area contributed by atoms with Gasteiger partial charge in [0.25, 0.3) is 11.7 Å². The molecule has 414 valence electrons. The molecule has 2 N–H and O–H groups in total. The second kappa shape index (κ2) is 29.3. The number of allylic oxidation sites excluding steroid dienone is 6. The van der Waals surface area contributed by atoms with Crippen LogP contribution in [0.1, 0.15) is 126 Å². The molecule has 1 saturated carbocycles. The Labute approximate surface area is 434 Å². The summed E-state index contributed by atoms with van der Waals surface area (Å²) in [5, 5.41) is 23.6. The monoisotopic (exact) mass is 1050 g/mol. The van der Waals surface area contributed by atoms with Gasteiger partial charge in [0.15, 0.2) is 11.6 Å². The third-order valence-corrected chi connectivity index (χ3v) is 16.7. The van der Waals surface area contributed by atoms with Crippen molar-refractivity contribution in [3.8, 4) is 0 Å². The van der Waals surface area contributed by atoms with E-state index in [1.807, 2.05) is 58.1 Å². The van der Waals surface area contributed by atoms with E-state index in [1.54, 1.807) is 41.1 Å². The first-order valence-corrected chi connectivity index (χ1v) is 28.4. The number of amides is 1. The minimum Gasteiger partial charge on any atom is -0.460 e. The number of carbonyl (C=O) groups excluding carboxylic acids is 5. The smallest absolute Gasteiger partial charge is 0.329 e. The molecule has 73 heavy (non-hydrogen) atoms. The van der Waals surface area contributed by atoms with Crippen LogP contribution in [0.3, 0.4) is 0 Å². The molecule has 0 aromatic carbocycles. The number of methoxy groups -OCH3 is 4. The number of nitrogens with zero attached hydrogens (tertiary/aromatic N) is 1. The van der Waals surface area contributed by atoms with E-state index in [0.29, 0.717) is 64.2 Å². The molecule has 3 heterocycles. The van der Waals surface area contributed by atoms with E-state index in [1.165, 1.54) is 25.8 Å². The molecule has 1 amide bonds. The lowest BCUT2D eigenvalue weighted by Crippen LogP contribution is -2.61. The molecule has 0 aromatic rings. The Morgan fingerprint density at radius 2 is 1.59 bits per heavy atom. The Bertz CT molecular complexity index is 2020. The van der Waals surface area contributed by atoms with Gasteiger partial charge < -0.3 is 52.6 Å². The number of esters is 1. The molecule has 2 bridgehead atoms. The number of aliphatic hydroxyl groups excluding tert-OH is 1. The van der Waals surface area contributed by atoms with Crippen LogP contribution in [0.2, 0.25) is 0 Å². The number of ether oxygens (including phenoxy) is 6. The SMILES string of the molecule is COCCOP(C)(=O)O[C@@H]1CC[C@@H](C[C@@H](C)C2CC(=O)C(C)=CC(C)[C@@H](O)[C@@H](OC)C(=O)[C@H](C)C[C@H](C)C=CC=CC=C(C)[C@@H](OC)C[C@@H]3CC[C@@H](C)[C@@](O)(O3)C(=O)C(=O)N3CCCC[C@H]3C(=O)O2)C[C@H]1OC. The highest BCUT2D eigenvalue weighted by atomic mass is 31.2. The molecule has 16 atom stereocenters. The Kier molecular flexibility index (Phi) is 25.0. The van der Waals surface area contributed by atoms with Crippen LogP contribution in [0.4, 0.5) is 0 Å². The van der Waals surface area contributed by atoms with Gasteiger partial charge in [-0.25, -0.2) is 4.79 Å². The number of Topliss-reactive ketones (excluding diaryl/α,β-unsaturated/α-hetero) is 3. The number of piperidine rings is 1. The largest absolute Gasteiger partial charge is 0.460 e. The van der Waals surface area contributed by atoms with Crippen molar-refractivity contribution in [3.63, 3.8) is 0 Å². The minimum atomic E-state index is -3.43. The Hall–Kier alpha value is -3.22. The summed E-state index contributed by atoms with van der Waals surface area (Å²) in [4.78, 5) is 72.5. The molecule has 4 rings (SSSR count). The number of rotatable bonds is 12. The van der Waals surface area contributed by atoms with Gasteiger partial charge in [-0.3, -0.25) is 23.7 Å². The molecule has 17 nitrogen and oxygen atoms in total. The van der Waals surface area contributed by atoms with Crippen LogP contribution in [0.25, 0.3) is 0 Å². The summed E-state index contributed by atoms with van der Waals surface area (Å²) in [6, 6.07) is -1.18. The van der Waals surface area contributed by atoms with E-state index in [0.717, 1.165) is 5.57 Å². The molecule has 4 aliphatic rings. The second-order valence-corrected chi connectivity index (χ2v) is 23.3. The Morgan fingerprint density at radius 1 is 0.863 bits per heavy atom. The standard InChI is InChI=1S/C55H88NO16P/c1-34-18-14-13-15-19-35(2)46(66-9)32-42-23-21-40(7)55(63,71-42)52(60)53(61)56-25-17-16-20-43(56)54(62)70-47(33-44(57)36(3)29-39(6)50(59)51(68-11)49(58)38(5)28-34)37(4)30-41-22-24-45(48(31-41)67-10)72-73(12,64)69-27-26-65-8/h13-15,18-19,29,34,37-43,45-48,50-51,59,63H,16-17,20-28,30-33H2,1-12H3/t34-,37-,38-,39?,40-,41+,42+,43+,45-,46+,47?,48-,50-,51+,55-,73?/m1/s1. The summed E-state index contributed by atoms with van der Waals surface area (Å²) in [5.41, 5.74) is 1.16. The zero-order valence-electron chi connectivity index (χ0n) is 45.7. The van der Waals surface area contributed by atoms with Gasteiger partial charge >= 0.3 is 13.6 Å². The third kappa shape index (κ3) is 17.7. The number of hydrogen-bond acceptors (Lipinski definition) is 16. The predicted molar refractivity (Wildman–Crippen MR) is 275 cm³/mol. The average molecular weight is 1050 g/mol. The van der Waals surface area contributed by atoms with Gasteiger partial charge in [0.1, 0.15) is 18.2 Å². The molecule has 0 spiro atoms. The Balaban J connectivity index is 1.68. The lowest BCUT2D eigenvalue weighted by molar-refractivity contribution is -0.265. The van der Waals surface area contributed by atoms with Crippen molar-refractivity contribution in [2.75, 3.05) is 54.9 Å². The van der Waals surface area contributed by atoms with E-state index in [2.05, 4.69) is 0 Å². The van der Waals surface area contributed by atoms with Gasteiger partial charge in [-0.05, 0) is 107 Å². The van der Waals surface area contributed by atoms with E-state index in [9.17, 15) is 38.8 Å². The van der Waals surface area contributed by atoms with Gasteiger partial charge in [-0.2, -0.15) is 0 Å². The third-order valence-electron chi connectivity index (χ3n) is 15.4. The summed E-state index contributed by atoms with van der Waals surface area (Å²) in [6.45, 7) is 14.5. The van der Waals surface area contributed by atoms with Crippen molar-refractivity contribution in [1.82, 2.24) is 4.90 Å². The van der Waals surface area contributed by atoms with Crippen LogP contribution >= 0.6 is 7.60 Å². The van der Waals surface area contributed by atoms with Crippen molar-refractivity contribution < 1.29 is 76.2 Å². The number of fused-ring (bicyclic) bond motifs is 3. The Morgan fingerprint density at radius 3 is 2.26 bits per heavy atom. The first-order valence-electron chi connectivity index (χ1n) is 26.4. The van der Waals surface area contributed by atoms with Crippen LogP contribution < -0.4 is 0 Å². The maximum Gasteiger partial charge on any atom is 0.329 e. The van der Waals surface area contributed by atoms with Crippen molar-refractivity contribution in [2.45, 2.75) is 180 Å². The van der Waals surface area contributed by atoms with Gasteiger partial charge in [-0.15, -0.1) is 0 Å². The average Bonchev–Trinajstić information content (AvgIpc) is 3.35. The van der Waals surface area contributed by atoms with Crippen LogP contribution in [-0.2, 0) is 66.0 Å². The quantitative estimate of drug-likeness (QED) is 0.0828. The molecule has 0 aromatic heterocycles. The summed E-state index contributed by atoms with van der Waals surface area (Å²) in [5.74, 6) is -8.31. The number of hydrogen-bond donors (Lipinski definition) is 2. The minimum absolute atomic E-state index is 0.00548. The fourth-order valence-corrected chi connectivity index (χ4v) is 12.0. The molecule has 0 radical (unpaired) electrons. The maximum atomic E-state index is 14.6. The number of cyclic esters (lactones) is 1. The van der Waals surface area contributed by atoms with Gasteiger partial charge in [-0.1, -0.05) is 71.1 Å². The summed E-state index contributed by atoms with van der Waals surface area (Å²) >= 11 is 0. The number of carbonyl (C=O) groups is 5. The lowest BCUT2D eigenvalue weighted by atomic mass is 9.78. The molecule has 3 aliphatic heterocycles. The van der Waals surface area contributed by atoms with Gasteiger partial charge in [0.05, 0.1) is 43.7 Å². The van der Waals surface area contributed by atoms with E-state index in [-0.39, 0.29) is 61.6 Å². The number of aliphatic hydroxyl groups is 2. The predicted octanol–water partition coefficient (Wildman–Crippen LogP) is 7.69. The van der Waals surface area contributed by atoms with Crippen molar-refractivity contribution in [1.29, 1.82) is 0 Å². The van der Waals surface area contributed by atoms with Crippen LogP contribution in [0.5, 0.6) is 0 Å². The highest BCUT2D eigenvalue weighted by molar-refractivity contribution is 7.53. The summed E-state index contributed by atoms with van der Waals surface area (Å²) < 4.78 is 59.5. The van der Waals surface area contributed by atoms with Gasteiger partial charge in [0, 0.05) is 72.2 Å². The van der Waals surface area contributed by atoms with Crippen molar-refractivity contribution in [3.05, 3.63) is 47.6 Å². The molecule has 2 saturated heterocycles. The molecule has 18 heteroatoms. The fraction of sp³-hybridized carbons (Fsp3) is 0.764. The summed E-state index contributed by atoms with van der Waals surface area (Å²) in [7, 11) is 2.61. The van der Waals surface area contributed by atoms with Crippen LogP contribution in [0, 0.1) is 35.5 Å². The lowest BCUT2D eigenvalue weighted by Gasteiger charge is -2.42. The molecule has 3 fully saturated rings. The zero-order chi connectivity index (χ0) is 54.2. The van der Waals surface area contributed by atoms with Crippen LogP contribution in [0.15, 0.2) is 47.6 Å². The maximum absolute atomic E-state index is 14.6. The summed E-state index contributed by atoms with van der Waals surface area (Å²) in [6.07, 6.45) is 10.6. The topological polar surface area (TPSA) is 220 Å². The molecular formula is C55H88NO16P. The first kappa shape index (κ1) is 62.3. The highest BCUT2D eigenvalue weighted by Crippen LogP contribution is 2.48. The van der Waals surface area contributed by atoms with Crippen LogP contribution in [-0.4, -0.2) is 154 Å². The first-order chi connectivity index (χ1) is 34.5. The number of ketones is 3. The van der Waals surface area contributed by atoms with Crippen molar-refractivity contribution in [2.24, 2.45) is 35.5 Å². The van der Waals surface area contributed by atoms with E-state index in [4.69, 9.17) is 37.5 Å². The molecular weight excluding hydrogens is 962 g/mol. The van der Waals surface area contributed by atoms with E-state index < -0.39 is 103 Å². The molecule has 3 unspecified atom stereocenters. The van der Waals surface area contributed by atoms with E-state index >= 15 is 0 Å². The van der Waals surface area contributed by atoms with Gasteiger partial charge in [0.2, 0.25) is 5.79 Å². The normalized spacial score (nSPS) is 35.9.